The molecule has 0 aliphatic carbocycles. The summed E-state index contributed by atoms with van der Waals surface area (Å²) in [5, 5.41) is 3.45. The molecule has 17 heavy (non-hydrogen) atoms. The van der Waals surface area contributed by atoms with Crippen LogP contribution < -0.4 is 5.32 Å². The van der Waals surface area contributed by atoms with Gasteiger partial charge >= 0.3 is 0 Å². The summed E-state index contributed by atoms with van der Waals surface area (Å²) in [4.78, 5) is 0. The Hall–Kier alpha value is -0.120. The summed E-state index contributed by atoms with van der Waals surface area (Å²) in [7, 11) is 0. The maximum absolute atomic E-state index is 5.73. The van der Waals surface area contributed by atoms with Crippen LogP contribution in [0.15, 0.2) is 0 Å². The summed E-state index contributed by atoms with van der Waals surface area (Å²) in [6, 6.07) is 0. The van der Waals surface area contributed by atoms with E-state index >= 15 is 0 Å². The molecule has 0 bridgehead atoms. The van der Waals surface area contributed by atoms with E-state index in [1.54, 1.807) is 0 Å². The highest BCUT2D eigenvalue weighted by atomic mass is 16.5. The van der Waals surface area contributed by atoms with Crippen molar-refractivity contribution in [3.8, 4) is 0 Å². The van der Waals surface area contributed by atoms with Crippen LogP contribution in [0.1, 0.15) is 40.0 Å². The van der Waals surface area contributed by atoms with Crippen LogP contribution in [0, 0.1) is 11.3 Å². The summed E-state index contributed by atoms with van der Waals surface area (Å²) >= 11 is 0. The fraction of sp³-hybridized carbons (Fsp3) is 1.00. The van der Waals surface area contributed by atoms with E-state index in [4.69, 9.17) is 9.47 Å². The van der Waals surface area contributed by atoms with Crippen molar-refractivity contribution in [3.63, 3.8) is 0 Å². The molecule has 1 atom stereocenters. The van der Waals surface area contributed by atoms with Crippen LogP contribution in [-0.4, -0.2) is 39.5 Å². The zero-order chi connectivity index (χ0) is 12.6. The van der Waals surface area contributed by atoms with Gasteiger partial charge < -0.3 is 14.8 Å². The lowest BCUT2D eigenvalue weighted by molar-refractivity contribution is 0.0755. The Bertz CT molecular complexity index is 189. The van der Waals surface area contributed by atoms with Crippen molar-refractivity contribution in [2.75, 3.05) is 39.5 Å². The van der Waals surface area contributed by atoms with Gasteiger partial charge in [-0.3, -0.25) is 0 Å². The van der Waals surface area contributed by atoms with E-state index in [-0.39, 0.29) is 0 Å². The number of rotatable bonds is 9. The Morgan fingerprint density at radius 3 is 2.76 bits per heavy atom. The molecule has 1 aliphatic heterocycles. The second kappa shape index (κ2) is 8.06. The molecule has 3 nitrogen and oxygen atoms in total. The fourth-order valence-electron chi connectivity index (χ4n) is 2.17. The summed E-state index contributed by atoms with van der Waals surface area (Å²) in [6.45, 7) is 12.3. The molecule has 3 heteroatoms. The minimum absolute atomic E-state index is 0.327. The van der Waals surface area contributed by atoms with E-state index in [2.05, 4.69) is 26.1 Å². The van der Waals surface area contributed by atoms with Crippen molar-refractivity contribution in [3.05, 3.63) is 0 Å². The first-order chi connectivity index (χ1) is 8.18. The fourth-order valence-corrected chi connectivity index (χ4v) is 2.17. The van der Waals surface area contributed by atoms with Gasteiger partial charge in [0, 0.05) is 31.8 Å². The van der Waals surface area contributed by atoms with E-state index < -0.39 is 0 Å². The van der Waals surface area contributed by atoms with Crippen molar-refractivity contribution in [2.45, 2.75) is 40.0 Å². The second-order valence-electron chi connectivity index (χ2n) is 5.63. The smallest absolute Gasteiger partial charge is 0.0536 e. The number of ether oxygens (including phenoxy) is 2. The number of hydrogen-bond donors (Lipinski definition) is 1. The average Bonchev–Trinajstić information content (AvgIpc) is 2.75. The van der Waals surface area contributed by atoms with Crippen molar-refractivity contribution in [1.82, 2.24) is 5.32 Å². The summed E-state index contributed by atoms with van der Waals surface area (Å²) in [5.74, 6) is 0.737. The van der Waals surface area contributed by atoms with Gasteiger partial charge in [0.1, 0.15) is 0 Å². The highest BCUT2D eigenvalue weighted by Crippen LogP contribution is 2.31. The van der Waals surface area contributed by atoms with Gasteiger partial charge in [-0.15, -0.1) is 0 Å². The minimum Gasteiger partial charge on any atom is -0.381 e. The van der Waals surface area contributed by atoms with Crippen molar-refractivity contribution >= 4 is 0 Å². The van der Waals surface area contributed by atoms with Crippen molar-refractivity contribution in [1.29, 1.82) is 0 Å². The number of nitrogens with one attached hydrogen (secondary N) is 1. The SMILES string of the molecule is CCNCC1(CCOCCC(C)C)CCOC1. The first-order valence-electron chi connectivity index (χ1n) is 7.05. The lowest BCUT2D eigenvalue weighted by Gasteiger charge is -2.27. The Morgan fingerprint density at radius 1 is 1.35 bits per heavy atom. The molecular formula is C14H29NO2. The van der Waals surface area contributed by atoms with E-state index in [0.29, 0.717) is 5.41 Å². The monoisotopic (exact) mass is 243 g/mol. The molecule has 0 amide bonds. The Morgan fingerprint density at radius 2 is 2.18 bits per heavy atom. The molecule has 1 aliphatic rings. The van der Waals surface area contributed by atoms with Gasteiger partial charge in [0.15, 0.2) is 0 Å². The molecule has 102 valence electrons. The lowest BCUT2D eigenvalue weighted by Crippen LogP contribution is -2.36. The van der Waals surface area contributed by atoms with Gasteiger partial charge in [-0.1, -0.05) is 20.8 Å². The van der Waals surface area contributed by atoms with Crippen LogP contribution in [0.2, 0.25) is 0 Å². The molecule has 1 unspecified atom stereocenters. The van der Waals surface area contributed by atoms with Crippen molar-refractivity contribution < 1.29 is 9.47 Å². The predicted molar refractivity (Wildman–Crippen MR) is 71.3 cm³/mol. The lowest BCUT2D eigenvalue weighted by atomic mass is 9.84. The van der Waals surface area contributed by atoms with E-state index in [0.717, 1.165) is 58.3 Å². The number of hydrogen-bond acceptors (Lipinski definition) is 3. The quantitative estimate of drug-likeness (QED) is 0.631. The first kappa shape index (κ1) is 14.9. The van der Waals surface area contributed by atoms with Crippen LogP contribution in [-0.2, 0) is 9.47 Å². The third kappa shape index (κ3) is 5.84. The Balaban J connectivity index is 2.16. The summed E-state index contributed by atoms with van der Waals surface area (Å²) in [5.41, 5.74) is 0.327. The largest absolute Gasteiger partial charge is 0.381 e. The molecule has 0 spiro atoms. The van der Waals surface area contributed by atoms with Crippen molar-refractivity contribution in [2.24, 2.45) is 11.3 Å². The molecule has 1 fully saturated rings. The first-order valence-corrected chi connectivity index (χ1v) is 7.05. The van der Waals surface area contributed by atoms with E-state index in [9.17, 15) is 0 Å². The average molecular weight is 243 g/mol. The van der Waals surface area contributed by atoms with Gasteiger partial charge in [0.05, 0.1) is 6.61 Å². The van der Waals surface area contributed by atoms with Crippen LogP contribution in [0.25, 0.3) is 0 Å². The summed E-state index contributed by atoms with van der Waals surface area (Å²) in [6.07, 6.45) is 3.46. The van der Waals surface area contributed by atoms with E-state index in [1.165, 1.54) is 6.42 Å². The highest BCUT2D eigenvalue weighted by molar-refractivity contribution is 4.85. The maximum atomic E-state index is 5.73. The normalized spacial score (nSPS) is 24.7. The Kier molecular flexibility index (Phi) is 7.09. The molecule has 1 rings (SSSR count). The molecule has 1 N–H and O–H groups in total. The van der Waals surface area contributed by atoms with E-state index in [1.807, 2.05) is 0 Å². The van der Waals surface area contributed by atoms with Crippen LogP contribution >= 0.6 is 0 Å². The third-order valence-corrected chi connectivity index (χ3v) is 3.55. The van der Waals surface area contributed by atoms with Gasteiger partial charge in [0.2, 0.25) is 0 Å². The molecular weight excluding hydrogens is 214 g/mol. The highest BCUT2D eigenvalue weighted by Gasteiger charge is 2.33. The third-order valence-electron chi connectivity index (χ3n) is 3.55. The topological polar surface area (TPSA) is 30.5 Å². The van der Waals surface area contributed by atoms with Gasteiger partial charge in [-0.25, -0.2) is 0 Å². The van der Waals surface area contributed by atoms with Crippen LogP contribution in [0.3, 0.4) is 0 Å². The molecule has 0 aromatic heterocycles. The van der Waals surface area contributed by atoms with Crippen LogP contribution in [0.5, 0.6) is 0 Å². The molecule has 1 saturated heterocycles. The molecule has 1 heterocycles. The zero-order valence-corrected chi connectivity index (χ0v) is 11.8. The Labute approximate surface area is 106 Å². The van der Waals surface area contributed by atoms with Gasteiger partial charge in [0.25, 0.3) is 0 Å². The summed E-state index contributed by atoms with van der Waals surface area (Å²) < 4.78 is 11.3. The molecule has 0 radical (unpaired) electrons. The maximum Gasteiger partial charge on any atom is 0.0536 e. The second-order valence-corrected chi connectivity index (χ2v) is 5.63. The molecule has 0 aromatic carbocycles. The molecule has 0 aromatic rings. The minimum atomic E-state index is 0.327. The zero-order valence-electron chi connectivity index (χ0n) is 11.8. The van der Waals surface area contributed by atoms with Gasteiger partial charge in [-0.2, -0.15) is 0 Å². The molecule has 0 saturated carbocycles. The van der Waals surface area contributed by atoms with Gasteiger partial charge in [-0.05, 0) is 31.7 Å². The standard InChI is InChI=1S/C14H29NO2/c1-4-15-11-14(7-10-17-12-14)6-9-16-8-5-13(2)3/h13,15H,4-12H2,1-3H3. The van der Waals surface area contributed by atoms with Crippen LogP contribution in [0.4, 0.5) is 0 Å². The predicted octanol–water partition coefficient (Wildman–Crippen LogP) is 2.46.